The normalized spacial score (nSPS) is 10.2. The molecule has 0 bridgehead atoms. The van der Waals surface area contributed by atoms with Gasteiger partial charge in [-0.1, -0.05) is 0 Å². The van der Waals surface area contributed by atoms with Crippen LogP contribution in [0.4, 0.5) is 0 Å². The molecule has 6 heteroatoms. The first kappa shape index (κ1) is 16.0. The van der Waals surface area contributed by atoms with E-state index in [0.29, 0.717) is 33.0 Å². The van der Waals surface area contributed by atoms with Gasteiger partial charge in [-0.3, -0.25) is 4.79 Å². The average Bonchev–Trinajstić information content (AvgIpc) is 2.30. The van der Waals surface area contributed by atoms with Gasteiger partial charge in [-0.15, -0.1) is 0 Å². The Labute approximate surface area is 101 Å². The minimum atomic E-state index is -0.547. The van der Waals surface area contributed by atoms with E-state index in [0.717, 1.165) is 0 Å². The lowest BCUT2D eigenvalue weighted by molar-refractivity contribution is -0.152. The Bertz CT molecular complexity index is 216. The van der Waals surface area contributed by atoms with Gasteiger partial charge in [0, 0.05) is 6.61 Å². The molecule has 0 amide bonds. The van der Waals surface area contributed by atoms with Gasteiger partial charge in [0.2, 0.25) is 0 Å². The highest BCUT2D eigenvalue weighted by Crippen LogP contribution is 1.84. The van der Waals surface area contributed by atoms with E-state index in [1.165, 1.54) is 6.92 Å². The first-order valence-corrected chi connectivity index (χ1v) is 5.55. The SMILES string of the molecule is CCOCCOCCOCC(=O)OCC(C)=O. The molecular formula is C11H20O6. The summed E-state index contributed by atoms with van der Waals surface area (Å²) in [7, 11) is 0. The number of Topliss-reactive ketones (excluding diaryl/α,β-unsaturated/α-hetero) is 1. The Balaban J connectivity index is 3.16. The third-order valence-electron chi connectivity index (χ3n) is 1.60. The Morgan fingerprint density at radius 1 is 0.882 bits per heavy atom. The summed E-state index contributed by atoms with van der Waals surface area (Å²) < 4.78 is 19.8. The van der Waals surface area contributed by atoms with Gasteiger partial charge >= 0.3 is 5.97 Å². The molecule has 17 heavy (non-hydrogen) atoms. The molecule has 6 nitrogen and oxygen atoms in total. The monoisotopic (exact) mass is 248 g/mol. The maximum Gasteiger partial charge on any atom is 0.332 e. The zero-order chi connectivity index (χ0) is 12.9. The second kappa shape index (κ2) is 11.5. The first-order valence-electron chi connectivity index (χ1n) is 5.55. The number of esters is 1. The smallest absolute Gasteiger partial charge is 0.332 e. The van der Waals surface area contributed by atoms with Crippen LogP contribution in [0.25, 0.3) is 0 Å². The highest BCUT2D eigenvalue weighted by molar-refractivity contribution is 5.80. The van der Waals surface area contributed by atoms with Gasteiger partial charge in [0.05, 0.1) is 26.4 Å². The Hall–Kier alpha value is -0.980. The van der Waals surface area contributed by atoms with E-state index in [4.69, 9.17) is 14.2 Å². The van der Waals surface area contributed by atoms with Crippen LogP contribution in [0.15, 0.2) is 0 Å². The molecule has 0 rings (SSSR count). The third-order valence-corrected chi connectivity index (χ3v) is 1.60. The topological polar surface area (TPSA) is 71.1 Å². The van der Waals surface area contributed by atoms with Gasteiger partial charge in [0.15, 0.2) is 5.78 Å². The maximum absolute atomic E-state index is 11.0. The van der Waals surface area contributed by atoms with Gasteiger partial charge in [-0.2, -0.15) is 0 Å². The van der Waals surface area contributed by atoms with Crippen LogP contribution in [0.2, 0.25) is 0 Å². The number of carbonyl (C=O) groups excluding carboxylic acids is 2. The molecule has 0 aliphatic heterocycles. The Morgan fingerprint density at radius 3 is 2.06 bits per heavy atom. The molecule has 0 aromatic heterocycles. The van der Waals surface area contributed by atoms with Crippen molar-refractivity contribution in [3.8, 4) is 0 Å². The van der Waals surface area contributed by atoms with Gasteiger partial charge < -0.3 is 18.9 Å². The lowest BCUT2D eigenvalue weighted by Gasteiger charge is -2.05. The Morgan fingerprint density at radius 2 is 1.47 bits per heavy atom. The molecule has 0 aliphatic rings. The fraction of sp³-hybridized carbons (Fsp3) is 0.818. The van der Waals surface area contributed by atoms with Gasteiger partial charge in [0.25, 0.3) is 0 Å². The van der Waals surface area contributed by atoms with Crippen LogP contribution < -0.4 is 0 Å². The molecular weight excluding hydrogens is 228 g/mol. The lowest BCUT2D eigenvalue weighted by atomic mass is 10.5. The summed E-state index contributed by atoms with van der Waals surface area (Å²) in [5, 5.41) is 0. The third kappa shape index (κ3) is 13.0. The number of hydrogen-bond donors (Lipinski definition) is 0. The predicted molar refractivity (Wildman–Crippen MR) is 59.8 cm³/mol. The minimum Gasteiger partial charge on any atom is -0.456 e. The fourth-order valence-corrected chi connectivity index (χ4v) is 0.861. The van der Waals surface area contributed by atoms with E-state index in [-0.39, 0.29) is 19.0 Å². The molecule has 100 valence electrons. The van der Waals surface area contributed by atoms with Gasteiger partial charge in [0.1, 0.15) is 13.2 Å². The van der Waals surface area contributed by atoms with Crippen LogP contribution in [-0.4, -0.2) is 58.0 Å². The van der Waals surface area contributed by atoms with Crippen LogP contribution in [0.1, 0.15) is 13.8 Å². The zero-order valence-corrected chi connectivity index (χ0v) is 10.4. The van der Waals surface area contributed by atoms with Crippen molar-refractivity contribution in [2.45, 2.75) is 13.8 Å². The number of ether oxygens (including phenoxy) is 4. The summed E-state index contributed by atoms with van der Waals surface area (Å²) in [6.07, 6.45) is 0. The van der Waals surface area contributed by atoms with Crippen LogP contribution in [0.5, 0.6) is 0 Å². The predicted octanol–water partition coefficient (Wildman–Crippen LogP) is 0.188. The van der Waals surface area contributed by atoms with E-state index in [9.17, 15) is 9.59 Å². The zero-order valence-electron chi connectivity index (χ0n) is 10.4. The standard InChI is InChI=1S/C11H20O6/c1-3-14-4-5-15-6-7-16-9-11(13)17-8-10(2)12/h3-9H2,1-2H3. The molecule has 0 fully saturated rings. The van der Waals surface area contributed by atoms with Crippen LogP contribution >= 0.6 is 0 Å². The summed E-state index contributed by atoms with van der Waals surface area (Å²) in [5.74, 6) is -0.743. The maximum atomic E-state index is 11.0. The minimum absolute atomic E-state index is 0.165. The van der Waals surface area contributed by atoms with E-state index in [1.807, 2.05) is 6.92 Å². The summed E-state index contributed by atoms with van der Waals surface area (Å²) in [6.45, 7) is 5.32. The number of carbonyl (C=O) groups is 2. The van der Waals surface area contributed by atoms with Crippen molar-refractivity contribution < 1.29 is 28.5 Å². The van der Waals surface area contributed by atoms with Crippen molar-refractivity contribution in [1.82, 2.24) is 0 Å². The van der Waals surface area contributed by atoms with E-state index >= 15 is 0 Å². The van der Waals surface area contributed by atoms with Gasteiger partial charge in [-0.25, -0.2) is 4.79 Å². The second-order valence-electron chi connectivity index (χ2n) is 3.22. The van der Waals surface area contributed by atoms with Crippen molar-refractivity contribution in [3.05, 3.63) is 0 Å². The summed E-state index contributed by atoms with van der Waals surface area (Å²) in [4.78, 5) is 21.5. The van der Waals surface area contributed by atoms with Crippen molar-refractivity contribution in [2.75, 3.05) is 46.2 Å². The van der Waals surface area contributed by atoms with Crippen molar-refractivity contribution in [1.29, 1.82) is 0 Å². The highest BCUT2D eigenvalue weighted by Gasteiger charge is 2.03. The molecule has 0 radical (unpaired) electrons. The molecule has 0 aromatic carbocycles. The molecule has 0 saturated heterocycles. The molecule has 0 spiro atoms. The van der Waals surface area contributed by atoms with E-state index < -0.39 is 5.97 Å². The molecule has 0 heterocycles. The quantitative estimate of drug-likeness (QED) is 0.384. The van der Waals surface area contributed by atoms with Crippen molar-refractivity contribution >= 4 is 11.8 Å². The summed E-state index contributed by atoms with van der Waals surface area (Å²) >= 11 is 0. The number of rotatable bonds is 11. The second-order valence-corrected chi connectivity index (χ2v) is 3.22. The molecule has 0 atom stereocenters. The fourth-order valence-electron chi connectivity index (χ4n) is 0.861. The molecule has 0 unspecified atom stereocenters. The highest BCUT2D eigenvalue weighted by atomic mass is 16.6. The lowest BCUT2D eigenvalue weighted by Crippen LogP contribution is -2.18. The Kier molecular flexibility index (Phi) is 10.8. The summed E-state index contributed by atoms with van der Waals surface area (Å²) in [6, 6.07) is 0. The summed E-state index contributed by atoms with van der Waals surface area (Å²) in [5.41, 5.74) is 0. The number of ketones is 1. The van der Waals surface area contributed by atoms with Crippen LogP contribution in [-0.2, 0) is 28.5 Å². The molecule has 0 aliphatic carbocycles. The molecule has 0 N–H and O–H groups in total. The first-order chi connectivity index (χ1) is 8.16. The molecule has 0 aromatic rings. The van der Waals surface area contributed by atoms with E-state index in [2.05, 4.69) is 4.74 Å². The van der Waals surface area contributed by atoms with Crippen LogP contribution in [0.3, 0.4) is 0 Å². The van der Waals surface area contributed by atoms with E-state index in [1.54, 1.807) is 0 Å². The van der Waals surface area contributed by atoms with Gasteiger partial charge in [-0.05, 0) is 13.8 Å². The van der Waals surface area contributed by atoms with Crippen molar-refractivity contribution in [3.63, 3.8) is 0 Å². The number of hydrogen-bond acceptors (Lipinski definition) is 6. The largest absolute Gasteiger partial charge is 0.456 e. The average molecular weight is 248 g/mol. The van der Waals surface area contributed by atoms with Crippen LogP contribution in [0, 0.1) is 0 Å². The molecule has 0 saturated carbocycles. The van der Waals surface area contributed by atoms with Crippen molar-refractivity contribution in [2.24, 2.45) is 0 Å².